The number of benzene rings is 7. The molecule has 234 valence electrons. The van der Waals surface area contributed by atoms with Crippen LogP contribution in [0.15, 0.2) is 158 Å². The highest BCUT2D eigenvalue weighted by Gasteiger charge is 2.23. The molecule has 0 aliphatic rings. The van der Waals surface area contributed by atoms with E-state index in [9.17, 15) is 0 Å². The van der Waals surface area contributed by atoms with Gasteiger partial charge in [-0.15, -0.1) is 22.7 Å². The molecule has 0 unspecified atom stereocenters. The summed E-state index contributed by atoms with van der Waals surface area (Å²) >= 11 is 3.51. The molecule has 50 heavy (non-hydrogen) atoms. The lowest BCUT2D eigenvalue weighted by molar-refractivity contribution is 1.08. The Bertz CT molecular complexity index is 2860. The number of hydrogen-bond donors (Lipinski definition) is 0. The Hall–Kier alpha value is -6.08. The predicted octanol–water partition coefficient (Wildman–Crippen LogP) is 12.3. The van der Waals surface area contributed by atoms with Gasteiger partial charge in [-0.2, -0.15) is 0 Å². The highest BCUT2D eigenvalue weighted by atomic mass is 32.1. The van der Waals surface area contributed by atoms with Gasteiger partial charge in [-0.25, -0.2) is 19.9 Å². The van der Waals surface area contributed by atoms with Gasteiger partial charge in [-0.05, 0) is 40.1 Å². The van der Waals surface area contributed by atoms with Gasteiger partial charge in [0.25, 0.3) is 0 Å². The molecule has 10 aromatic rings. The third-order valence-electron chi connectivity index (χ3n) is 9.16. The molecule has 0 bridgehead atoms. The first-order chi connectivity index (χ1) is 24.7. The molecule has 7 aromatic carbocycles. The summed E-state index contributed by atoms with van der Waals surface area (Å²) in [7, 11) is 0. The molecule has 3 heterocycles. The fourth-order valence-electron chi connectivity index (χ4n) is 6.71. The minimum atomic E-state index is 0.620. The van der Waals surface area contributed by atoms with Crippen LogP contribution in [0.2, 0.25) is 0 Å². The third-order valence-corrected chi connectivity index (χ3v) is 11.3. The summed E-state index contributed by atoms with van der Waals surface area (Å²) in [5, 5.41) is 5.60. The van der Waals surface area contributed by atoms with E-state index in [1.165, 1.54) is 25.7 Å². The summed E-state index contributed by atoms with van der Waals surface area (Å²) in [4.78, 5) is 21.0. The number of aromatic nitrogens is 4. The fraction of sp³-hybridized carbons (Fsp3) is 0. The van der Waals surface area contributed by atoms with Crippen molar-refractivity contribution in [3.63, 3.8) is 0 Å². The molecule has 0 aliphatic heterocycles. The Kier molecular flexibility index (Phi) is 6.82. The van der Waals surface area contributed by atoms with E-state index in [1.54, 1.807) is 22.7 Å². The molecule has 0 fully saturated rings. The van der Waals surface area contributed by atoms with E-state index in [4.69, 9.17) is 19.9 Å². The van der Waals surface area contributed by atoms with Crippen LogP contribution in [0.4, 0.5) is 0 Å². The van der Waals surface area contributed by atoms with Crippen molar-refractivity contribution in [2.24, 2.45) is 0 Å². The van der Waals surface area contributed by atoms with Crippen LogP contribution in [0.3, 0.4) is 0 Å². The van der Waals surface area contributed by atoms with E-state index in [0.717, 1.165) is 53.8 Å². The number of hydrogen-bond acceptors (Lipinski definition) is 6. The van der Waals surface area contributed by atoms with E-state index < -0.39 is 0 Å². The van der Waals surface area contributed by atoms with E-state index in [1.807, 2.05) is 12.1 Å². The molecule has 0 amide bonds. The summed E-state index contributed by atoms with van der Waals surface area (Å²) in [6.07, 6.45) is 0. The topological polar surface area (TPSA) is 51.6 Å². The Morgan fingerprint density at radius 2 is 0.960 bits per heavy atom. The number of thiazole rings is 1. The third kappa shape index (κ3) is 4.96. The molecule has 6 heteroatoms. The number of rotatable bonds is 5. The second-order valence-corrected chi connectivity index (χ2v) is 14.4. The van der Waals surface area contributed by atoms with Gasteiger partial charge < -0.3 is 0 Å². The molecule has 0 saturated carbocycles. The number of fused-ring (bicyclic) bond motifs is 5. The summed E-state index contributed by atoms with van der Waals surface area (Å²) in [5.41, 5.74) is 7.13. The van der Waals surface area contributed by atoms with Crippen molar-refractivity contribution in [2.75, 3.05) is 0 Å². The van der Waals surface area contributed by atoms with Crippen LogP contribution in [-0.4, -0.2) is 19.9 Å². The summed E-state index contributed by atoms with van der Waals surface area (Å²) in [6, 6.07) is 55.0. The lowest BCUT2D eigenvalue weighted by Gasteiger charge is -2.11. The maximum absolute atomic E-state index is 5.31. The second kappa shape index (κ2) is 11.8. The van der Waals surface area contributed by atoms with Crippen molar-refractivity contribution in [3.05, 3.63) is 158 Å². The van der Waals surface area contributed by atoms with Crippen molar-refractivity contribution in [1.82, 2.24) is 19.9 Å². The minimum absolute atomic E-state index is 0.620. The van der Waals surface area contributed by atoms with Gasteiger partial charge in [0.1, 0.15) is 5.01 Å². The Labute approximate surface area is 296 Å². The van der Waals surface area contributed by atoms with Gasteiger partial charge in [0, 0.05) is 36.9 Å². The van der Waals surface area contributed by atoms with Gasteiger partial charge in [-0.3, -0.25) is 0 Å². The SMILES string of the molecule is c1ccc(-c2ccc(-c3nc(-c4ccc5ccccc5c4)nc(-c4c5nc(-c6ccccc6)sc5cc5sc6ccccc6c45)n3)cc2)cc1. The molecule has 0 radical (unpaired) electrons. The van der Waals surface area contributed by atoms with Crippen molar-refractivity contribution in [3.8, 4) is 55.9 Å². The van der Waals surface area contributed by atoms with E-state index >= 15 is 0 Å². The molecule has 4 nitrogen and oxygen atoms in total. The number of nitrogens with zero attached hydrogens (tertiary/aromatic N) is 4. The monoisotopic (exact) mass is 674 g/mol. The van der Waals surface area contributed by atoms with Gasteiger partial charge in [0.05, 0.1) is 15.8 Å². The van der Waals surface area contributed by atoms with Crippen LogP contribution in [0, 0.1) is 0 Å². The van der Waals surface area contributed by atoms with Crippen LogP contribution in [0.25, 0.3) is 97.0 Å². The van der Waals surface area contributed by atoms with Gasteiger partial charge in [0.15, 0.2) is 17.5 Å². The first-order valence-electron chi connectivity index (χ1n) is 16.5. The molecular weight excluding hydrogens is 649 g/mol. The first-order valence-corrected chi connectivity index (χ1v) is 18.1. The summed E-state index contributed by atoms with van der Waals surface area (Å²) < 4.78 is 3.53. The Morgan fingerprint density at radius 1 is 0.360 bits per heavy atom. The highest BCUT2D eigenvalue weighted by Crippen LogP contribution is 2.46. The van der Waals surface area contributed by atoms with Crippen molar-refractivity contribution < 1.29 is 0 Å². The average Bonchev–Trinajstić information content (AvgIpc) is 3.79. The average molecular weight is 675 g/mol. The minimum Gasteiger partial charge on any atom is -0.235 e. The first kappa shape index (κ1) is 28.9. The van der Waals surface area contributed by atoms with E-state index in [0.29, 0.717) is 17.5 Å². The van der Waals surface area contributed by atoms with Crippen LogP contribution in [-0.2, 0) is 0 Å². The molecule has 0 atom stereocenters. The van der Waals surface area contributed by atoms with Crippen molar-refractivity contribution in [1.29, 1.82) is 0 Å². The standard InChI is InChI=1S/C44H26N4S2/c1-3-11-27(12-4-1)29-19-22-30(23-20-29)41-46-42(33-24-21-28-13-7-8-16-32(28)25-33)48-43(47-41)39-38-34-17-9-10-18-35(34)49-36(38)26-37-40(39)45-44(50-37)31-14-5-2-6-15-31/h1-26H. The zero-order chi connectivity index (χ0) is 33.0. The molecule has 0 spiro atoms. The quantitative estimate of drug-likeness (QED) is 0.182. The number of thiophene rings is 1. The van der Waals surface area contributed by atoms with Crippen LogP contribution >= 0.6 is 22.7 Å². The van der Waals surface area contributed by atoms with Gasteiger partial charge >= 0.3 is 0 Å². The molecule has 0 aliphatic carbocycles. The largest absolute Gasteiger partial charge is 0.235 e. The molecular formula is C44H26N4S2. The molecule has 3 aromatic heterocycles. The van der Waals surface area contributed by atoms with E-state index in [2.05, 4.69) is 146 Å². The van der Waals surface area contributed by atoms with Gasteiger partial charge in [-0.1, -0.05) is 140 Å². The van der Waals surface area contributed by atoms with Crippen molar-refractivity contribution in [2.45, 2.75) is 0 Å². The lowest BCUT2D eigenvalue weighted by atomic mass is 10.0. The van der Waals surface area contributed by atoms with Crippen LogP contribution in [0.1, 0.15) is 0 Å². The summed E-state index contributed by atoms with van der Waals surface area (Å²) in [6.45, 7) is 0. The smallest absolute Gasteiger partial charge is 0.167 e. The van der Waals surface area contributed by atoms with Crippen LogP contribution in [0.5, 0.6) is 0 Å². The van der Waals surface area contributed by atoms with Crippen molar-refractivity contribution >= 4 is 63.8 Å². The van der Waals surface area contributed by atoms with Crippen LogP contribution < -0.4 is 0 Å². The normalized spacial score (nSPS) is 11.6. The zero-order valence-electron chi connectivity index (χ0n) is 26.6. The maximum Gasteiger partial charge on any atom is 0.167 e. The lowest BCUT2D eigenvalue weighted by Crippen LogP contribution is -2.01. The fourth-order valence-corrected chi connectivity index (χ4v) is 8.96. The van der Waals surface area contributed by atoms with Gasteiger partial charge in [0.2, 0.25) is 0 Å². The summed E-state index contributed by atoms with van der Waals surface area (Å²) in [5.74, 6) is 1.88. The molecule has 0 saturated heterocycles. The zero-order valence-corrected chi connectivity index (χ0v) is 28.2. The second-order valence-electron chi connectivity index (χ2n) is 12.3. The Morgan fingerprint density at radius 3 is 1.76 bits per heavy atom. The maximum atomic E-state index is 5.31. The molecule has 0 N–H and O–H groups in total. The molecule has 10 rings (SSSR count). The highest BCUT2D eigenvalue weighted by molar-refractivity contribution is 7.27. The Balaban J connectivity index is 1.25. The van der Waals surface area contributed by atoms with E-state index in [-0.39, 0.29) is 0 Å². The predicted molar refractivity (Wildman–Crippen MR) is 211 cm³/mol.